The number of benzene rings is 1. The largest absolute Gasteiger partial charge is 0.371 e. The fraction of sp³-hybridized carbons (Fsp3) is 0.679. The number of hydrogen-bond donors (Lipinski definition) is 0. The second-order valence-electron chi connectivity index (χ2n) is 11.5. The van der Waals surface area contributed by atoms with E-state index in [0.29, 0.717) is 45.2 Å². The maximum Gasteiger partial charge on any atom is 0.252 e. The van der Waals surface area contributed by atoms with E-state index < -0.39 is 23.1 Å². The number of carbonyl (C=O) groups is 3. The van der Waals surface area contributed by atoms with Crippen LogP contribution in [0.3, 0.4) is 0 Å². The van der Waals surface area contributed by atoms with E-state index in [1.54, 1.807) is 39.0 Å². The molecule has 12 heteroatoms. The van der Waals surface area contributed by atoms with E-state index >= 15 is 0 Å². The van der Waals surface area contributed by atoms with Gasteiger partial charge in [-0.1, -0.05) is 30.3 Å². The van der Waals surface area contributed by atoms with Gasteiger partial charge >= 0.3 is 0 Å². The molecule has 6 aliphatic heterocycles. The zero-order chi connectivity index (χ0) is 27.3. The fourth-order valence-electron chi connectivity index (χ4n) is 5.28. The van der Waals surface area contributed by atoms with Gasteiger partial charge in [0, 0.05) is 39.3 Å². The smallest absolute Gasteiger partial charge is 0.252 e. The van der Waals surface area contributed by atoms with Gasteiger partial charge in [0.15, 0.2) is 0 Å². The van der Waals surface area contributed by atoms with Crippen LogP contribution in [0.4, 0.5) is 0 Å². The first kappa shape index (κ1) is 26.3. The van der Waals surface area contributed by atoms with Crippen LogP contribution in [0.2, 0.25) is 0 Å². The van der Waals surface area contributed by atoms with Crippen molar-refractivity contribution < 1.29 is 42.8 Å². The zero-order valence-electron chi connectivity index (χ0n) is 22.4. The van der Waals surface area contributed by atoms with Crippen LogP contribution in [0.25, 0.3) is 0 Å². The third-order valence-corrected chi connectivity index (χ3v) is 7.99. The minimum Gasteiger partial charge on any atom is -0.371 e. The molecule has 0 spiro atoms. The molecule has 3 amide bonds. The lowest BCUT2D eigenvalue weighted by molar-refractivity contribution is -0.160. The van der Waals surface area contributed by atoms with Crippen LogP contribution in [0, 0.1) is 0 Å². The minimum atomic E-state index is -2.15. The molecule has 1 aromatic rings. The average Bonchev–Trinajstić information content (AvgIpc) is 3.75. The summed E-state index contributed by atoms with van der Waals surface area (Å²) in [5.41, 5.74) is -1.82. The Bertz CT molecular complexity index is 962. The van der Waals surface area contributed by atoms with Crippen LogP contribution in [0.15, 0.2) is 30.3 Å². The third-order valence-electron chi connectivity index (χ3n) is 7.99. The number of amides is 3. The molecule has 1 aromatic carbocycles. The molecule has 216 valence electrons. The topological polar surface area (TPSA) is 136 Å². The molecule has 40 heavy (non-hydrogen) atoms. The fourth-order valence-corrected chi connectivity index (χ4v) is 5.28. The van der Waals surface area contributed by atoms with Crippen LogP contribution in [-0.2, 0) is 48.2 Å². The Labute approximate surface area is 232 Å². The van der Waals surface area contributed by atoms with Crippen molar-refractivity contribution in [2.24, 2.45) is 0 Å². The summed E-state index contributed by atoms with van der Waals surface area (Å²) in [5, 5.41) is 0. The predicted octanol–water partition coefficient (Wildman–Crippen LogP) is -1.20. The van der Waals surface area contributed by atoms with Gasteiger partial charge in [-0.15, -0.1) is 0 Å². The van der Waals surface area contributed by atoms with Gasteiger partial charge in [0.2, 0.25) is 5.41 Å². The summed E-state index contributed by atoms with van der Waals surface area (Å²) in [7, 11) is 0. The molecule has 12 nitrogen and oxygen atoms in total. The van der Waals surface area contributed by atoms with Crippen molar-refractivity contribution in [2.75, 3.05) is 78.9 Å². The zero-order valence-corrected chi connectivity index (χ0v) is 22.4. The molecule has 0 N–H and O–H groups in total. The van der Waals surface area contributed by atoms with Crippen molar-refractivity contribution in [1.29, 1.82) is 0 Å². The number of nitrogens with zero attached hydrogens (tertiary/aromatic N) is 3. The van der Waals surface area contributed by atoms with Crippen LogP contribution < -0.4 is 0 Å². The van der Waals surface area contributed by atoms with E-state index in [4.69, 9.17) is 28.4 Å². The second-order valence-corrected chi connectivity index (χ2v) is 11.5. The maximum atomic E-state index is 15.0. The number of rotatable bonds is 16. The summed E-state index contributed by atoms with van der Waals surface area (Å²) in [6.07, 6.45) is -0.789. The van der Waals surface area contributed by atoms with Crippen molar-refractivity contribution >= 4 is 17.7 Å². The van der Waals surface area contributed by atoms with Gasteiger partial charge in [-0.2, -0.15) is 0 Å². The van der Waals surface area contributed by atoms with Crippen LogP contribution >= 0.6 is 0 Å². The lowest BCUT2D eigenvalue weighted by atomic mass is 9.75. The van der Waals surface area contributed by atoms with E-state index in [9.17, 15) is 14.4 Å². The van der Waals surface area contributed by atoms with E-state index in [0.717, 1.165) is 0 Å². The number of hydrogen-bond acceptors (Lipinski definition) is 9. The molecule has 0 aliphatic carbocycles. The van der Waals surface area contributed by atoms with Gasteiger partial charge in [-0.3, -0.25) is 14.4 Å². The summed E-state index contributed by atoms with van der Waals surface area (Å²) < 4.78 is 32.9. The highest BCUT2D eigenvalue weighted by atomic mass is 16.6. The minimum absolute atomic E-state index is 0.131. The Hall–Kier alpha value is -2.61. The predicted molar refractivity (Wildman–Crippen MR) is 136 cm³/mol. The molecule has 6 unspecified atom stereocenters. The lowest BCUT2D eigenvalue weighted by Gasteiger charge is -2.41. The standard InChI is InChI=1S/C28H35N3O9/c32-25(29(6-19-12-35-19)7-20-13-36-20)28(18-4-2-1-3-5-18,26(33)30(8-21-14-37-21)9-22-15-38-22)27(34)31(10-23-16-39-23)11-24-17-40-24/h1-5,19-24H,6-17H2. The number of carbonyl (C=O) groups excluding carboxylic acids is 3. The summed E-state index contributed by atoms with van der Waals surface area (Å²) in [4.78, 5) is 49.7. The maximum absolute atomic E-state index is 15.0. The third kappa shape index (κ3) is 6.02. The van der Waals surface area contributed by atoms with Crippen molar-refractivity contribution in [1.82, 2.24) is 14.7 Å². The number of epoxide rings is 6. The quantitative estimate of drug-likeness (QED) is 0.181. The SMILES string of the molecule is O=C(N(CC1CO1)CC1CO1)C(C(=O)N(CC1CO1)CC1CO1)(C(=O)N(CC1CO1)CC1CO1)c1ccccc1. The molecule has 0 aromatic heterocycles. The van der Waals surface area contributed by atoms with Gasteiger partial charge in [-0.25, -0.2) is 0 Å². The lowest BCUT2D eigenvalue weighted by Crippen LogP contribution is -2.66. The van der Waals surface area contributed by atoms with E-state index in [1.165, 1.54) is 0 Å². The first-order chi connectivity index (χ1) is 19.5. The monoisotopic (exact) mass is 557 g/mol. The molecule has 6 atom stereocenters. The van der Waals surface area contributed by atoms with Gasteiger partial charge < -0.3 is 43.1 Å². The number of ether oxygens (including phenoxy) is 6. The highest BCUT2D eigenvalue weighted by molar-refractivity contribution is 6.28. The van der Waals surface area contributed by atoms with Gasteiger partial charge in [0.25, 0.3) is 17.7 Å². The normalized spacial score (nSPS) is 31.9. The average molecular weight is 558 g/mol. The van der Waals surface area contributed by atoms with Crippen LogP contribution in [-0.4, -0.2) is 148 Å². The van der Waals surface area contributed by atoms with Gasteiger partial charge in [0.1, 0.15) is 0 Å². The Morgan fingerprint density at radius 2 is 0.775 bits per heavy atom. The Morgan fingerprint density at radius 3 is 1.00 bits per heavy atom. The van der Waals surface area contributed by atoms with E-state index in [2.05, 4.69) is 0 Å². The van der Waals surface area contributed by atoms with Gasteiger partial charge in [-0.05, 0) is 5.56 Å². The van der Waals surface area contributed by atoms with E-state index in [1.807, 2.05) is 6.07 Å². The summed E-state index contributed by atoms with van der Waals surface area (Å²) in [6, 6.07) is 8.72. The van der Waals surface area contributed by atoms with Crippen molar-refractivity contribution in [3.8, 4) is 0 Å². The molecular weight excluding hydrogens is 522 g/mol. The molecule has 7 rings (SSSR count). The Balaban J connectivity index is 1.32. The molecule has 0 bridgehead atoms. The highest BCUT2D eigenvalue weighted by Crippen LogP contribution is 2.36. The molecule has 0 saturated carbocycles. The van der Waals surface area contributed by atoms with Crippen molar-refractivity contribution in [3.05, 3.63) is 35.9 Å². The molecule has 6 aliphatic rings. The van der Waals surface area contributed by atoms with Gasteiger partial charge in [0.05, 0.1) is 76.3 Å². The summed E-state index contributed by atoms with van der Waals surface area (Å²) in [6.45, 7) is 4.87. The molecule has 0 radical (unpaired) electrons. The van der Waals surface area contributed by atoms with Crippen LogP contribution in [0.1, 0.15) is 5.56 Å². The van der Waals surface area contributed by atoms with Crippen LogP contribution in [0.5, 0.6) is 0 Å². The molecular formula is C28H35N3O9. The summed E-state index contributed by atoms with van der Waals surface area (Å²) >= 11 is 0. The second kappa shape index (κ2) is 10.7. The molecule has 6 saturated heterocycles. The Morgan fingerprint density at radius 1 is 0.525 bits per heavy atom. The van der Waals surface area contributed by atoms with Crippen molar-refractivity contribution in [2.45, 2.75) is 42.0 Å². The molecule has 6 fully saturated rings. The summed E-state index contributed by atoms with van der Waals surface area (Å²) in [5.74, 6) is -1.68. The first-order valence-electron chi connectivity index (χ1n) is 14.1. The molecule has 6 heterocycles. The van der Waals surface area contributed by atoms with Crippen molar-refractivity contribution in [3.63, 3.8) is 0 Å². The Kier molecular flexibility index (Phi) is 7.01. The van der Waals surface area contributed by atoms with E-state index in [-0.39, 0.29) is 75.9 Å². The highest BCUT2D eigenvalue weighted by Gasteiger charge is 2.61. The first-order valence-corrected chi connectivity index (χ1v) is 14.1.